The van der Waals surface area contributed by atoms with Crippen LogP contribution in [0.1, 0.15) is 45.6 Å². The highest BCUT2D eigenvalue weighted by Gasteiger charge is 2.34. The molecule has 1 fully saturated rings. The molecule has 3 heteroatoms. The van der Waals surface area contributed by atoms with Crippen LogP contribution in [0.2, 0.25) is 0 Å². The van der Waals surface area contributed by atoms with Crippen molar-refractivity contribution in [3.8, 4) is 0 Å². The van der Waals surface area contributed by atoms with E-state index in [0.29, 0.717) is 18.0 Å². The molecule has 0 saturated heterocycles. The maximum absolute atomic E-state index is 13.0. The van der Waals surface area contributed by atoms with Crippen molar-refractivity contribution in [2.75, 3.05) is 6.54 Å². The molecular formula is C17H27FN2. The van der Waals surface area contributed by atoms with Crippen LogP contribution in [0, 0.1) is 11.2 Å². The first kappa shape index (κ1) is 15.5. The first-order valence-electron chi connectivity index (χ1n) is 7.54. The molecule has 0 aliphatic heterocycles. The zero-order chi connectivity index (χ0) is 14.8. The van der Waals surface area contributed by atoms with E-state index in [2.05, 4.69) is 26.1 Å². The number of halogens is 1. The minimum absolute atomic E-state index is 0.122. The molecule has 112 valence electrons. The molecule has 2 atom stereocenters. The van der Waals surface area contributed by atoms with E-state index in [4.69, 9.17) is 5.73 Å². The van der Waals surface area contributed by atoms with Gasteiger partial charge in [0.25, 0.3) is 0 Å². The van der Waals surface area contributed by atoms with E-state index in [-0.39, 0.29) is 11.4 Å². The minimum Gasteiger partial charge on any atom is -0.329 e. The Hall–Kier alpha value is -0.930. The number of hydrogen-bond acceptors (Lipinski definition) is 2. The van der Waals surface area contributed by atoms with Crippen LogP contribution in [0.4, 0.5) is 4.39 Å². The summed E-state index contributed by atoms with van der Waals surface area (Å²) >= 11 is 0. The van der Waals surface area contributed by atoms with Crippen molar-refractivity contribution in [1.82, 2.24) is 5.32 Å². The van der Waals surface area contributed by atoms with Gasteiger partial charge in [-0.1, -0.05) is 26.0 Å². The quantitative estimate of drug-likeness (QED) is 0.867. The first-order chi connectivity index (χ1) is 9.32. The summed E-state index contributed by atoms with van der Waals surface area (Å²) in [5, 5.41) is 3.74. The lowest BCUT2D eigenvalue weighted by molar-refractivity contribution is 0.293. The largest absolute Gasteiger partial charge is 0.329 e. The number of rotatable bonds is 5. The summed E-state index contributed by atoms with van der Waals surface area (Å²) in [4.78, 5) is 0. The van der Waals surface area contributed by atoms with Crippen molar-refractivity contribution in [2.45, 2.75) is 58.0 Å². The van der Waals surface area contributed by atoms with Gasteiger partial charge >= 0.3 is 0 Å². The summed E-state index contributed by atoms with van der Waals surface area (Å²) in [6.45, 7) is 7.41. The molecule has 1 saturated carbocycles. The molecule has 0 amide bonds. The van der Waals surface area contributed by atoms with Gasteiger partial charge in [0.15, 0.2) is 0 Å². The Morgan fingerprint density at radius 1 is 1.35 bits per heavy atom. The molecule has 1 aliphatic carbocycles. The third-order valence-electron chi connectivity index (χ3n) is 4.48. The zero-order valence-electron chi connectivity index (χ0n) is 12.9. The summed E-state index contributed by atoms with van der Waals surface area (Å²) in [7, 11) is 0. The fourth-order valence-corrected chi connectivity index (χ4v) is 3.29. The molecule has 0 spiro atoms. The monoisotopic (exact) mass is 278 g/mol. The molecule has 20 heavy (non-hydrogen) atoms. The highest BCUT2D eigenvalue weighted by molar-refractivity contribution is 5.19. The van der Waals surface area contributed by atoms with Gasteiger partial charge in [0.1, 0.15) is 5.82 Å². The number of nitrogens with one attached hydrogen (secondary N) is 1. The zero-order valence-corrected chi connectivity index (χ0v) is 12.9. The number of benzene rings is 1. The minimum atomic E-state index is -0.186. The molecule has 0 heterocycles. The Labute approximate surface area is 121 Å². The van der Waals surface area contributed by atoms with Crippen LogP contribution in [0.15, 0.2) is 24.3 Å². The molecule has 1 aromatic carbocycles. The molecule has 0 radical (unpaired) electrons. The van der Waals surface area contributed by atoms with Crippen molar-refractivity contribution in [1.29, 1.82) is 0 Å². The second-order valence-corrected chi connectivity index (χ2v) is 7.32. The van der Waals surface area contributed by atoms with Crippen LogP contribution in [-0.4, -0.2) is 18.1 Å². The van der Waals surface area contributed by atoms with Crippen LogP contribution in [0.25, 0.3) is 0 Å². The average molecular weight is 278 g/mol. The van der Waals surface area contributed by atoms with E-state index < -0.39 is 0 Å². The standard InChI is InChI=1S/C17H27FN2/c1-16(2)9-8-15(11-16)20-17(3,12-19)10-13-4-6-14(18)7-5-13/h4-7,15,20H,8-12,19H2,1-3H3. The van der Waals surface area contributed by atoms with Crippen LogP contribution in [0.5, 0.6) is 0 Å². The van der Waals surface area contributed by atoms with Crippen molar-refractivity contribution < 1.29 is 4.39 Å². The summed E-state index contributed by atoms with van der Waals surface area (Å²) in [6, 6.07) is 7.28. The van der Waals surface area contributed by atoms with Gasteiger partial charge < -0.3 is 11.1 Å². The SMILES string of the molecule is CC1(C)CCC(NC(C)(CN)Cc2ccc(F)cc2)C1. The molecule has 1 aromatic rings. The van der Waals surface area contributed by atoms with Crippen LogP contribution in [-0.2, 0) is 6.42 Å². The predicted octanol–water partition coefficient (Wildman–Crippen LogP) is 3.25. The van der Waals surface area contributed by atoms with Crippen LogP contribution in [0.3, 0.4) is 0 Å². The van der Waals surface area contributed by atoms with Gasteiger partial charge in [-0.05, 0) is 55.7 Å². The topological polar surface area (TPSA) is 38.0 Å². The average Bonchev–Trinajstić information content (AvgIpc) is 2.71. The summed E-state index contributed by atoms with van der Waals surface area (Å²) in [5.41, 5.74) is 7.43. The Kier molecular flexibility index (Phi) is 4.50. The van der Waals surface area contributed by atoms with Gasteiger partial charge in [0, 0.05) is 18.1 Å². The summed E-state index contributed by atoms with van der Waals surface area (Å²) < 4.78 is 13.0. The van der Waals surface area contributed by atoms with E-state index in [0.717, 1.165) is 12.0 Å². The number of nitrogens with two attached hydrogens (primary N) is 1. The van der Waals surface area contributed by atoms with Gasteiger partial charge in [-0.3, -0.25) is 0 Å². The lowest BCUT2D eigenvalue weighted by atomic mass is 9.89. The maximum Gasteiger partial charge on any atom is 0.123 e. The molecular weight excluding hydrogens is 251 g/mol. The van der Waals surface area contributed by atoms with Gasteiger partial charge in [0.2, 0.25) is 0 Å². The highest BCUT2D eigenvalue weighted by atomic mass is 19.1. The molecule has 2 unspecified atom stereocenters. The van der Waals surface area contributed by atoms with Gasteiger partial charge in [-0.15, -0.1) is 0 Å². The van der Waals surface area contributed by atoms with Gasteiger partial charge in [-0.25, -0.2) is 4.39 Å². The maximum atomic E-state index is 13.0. The molecule has 2 nitrogen and oxygen atoms in total. The highest BCUT2D eigenvalue weighted by Crippen LogP contribution is 2.37. The molecule has 3 N–H and O–H groups in total. The molecule has 2 rings (SSSR count). The molecule has 1 aliphatic rings. The summed E-state index contributed by atoms with van der Waals surface area (Å²) in [6.07, 6.45) is 4.51. The van der Waals surface area contributed by atoms with Crippen molar-refractivity contribution in [3.63, 3.8) is 0 Å². The normalized spacial score (nSPS) is 24.6. The second kappa shape index (κ2) is 5.82. The van der Waals surface area contributed by atoms with E-state index in [1.54, 1.807) is 0 Å². The third kappa shape index (κ3) is 4.03. The second-order valence-electron chi connectivity index (χ2n) is 7.32. The van der Waals surface area contributed by atoms with Crippen LogP contribution >= 0.6 is 0 Å². The number of hydrogen-bond donors (Lipinski definition) is 2. The first-order valence-corrected chi connectivity index (χ1v) is 7.54. The molecule has 0 aromatic heterocycles. The van der Waals surface area contributed by atoms with Crippen LogP contribution < -0.4 is 11.1 Å². The molecule has 0 bridgehead atoms. The van der Waals surface area contributed by atoms with E-state index in [1.807, 2.05) is 12.1 Å². The Morgan fingerprint density at radius 3 is 2.50 bits per heavy atom. The Balaban J connectivity index is 2.00. The smallest absolute Gasteiger partial charge is 0.123 e. The van der Waals surface area contributed by atoms with Crippen molar-refractivity contribution in [3.05, 3.63) is 35.6 Å². The summed E-state index contributed by atoms with van der Waals surface area (Å²) in [5.74, 6) is -0.186. The Bertz CT molecular complexity index is 441. The predicted molar refractivity (Wildman–Crippen MR) is 82.1 cm³/mol. The van der Waals surface area contributed by atoms with Gasteiger partial charge in [-0.2, -0.15) is 0 Å². The van der Waals surface area contributed by atoms with E-state index >= 15 is 0 Å². The lowest BCUT2D eigenvalue weighted by Gasteiger charge is -2.33. The Morgan fingerprint density at radius 2 is 2.00 bits per heavy atom. The van der Waals surface area contributed by atoms with Crippen molar-refractivity contribution in [2.24, 2.45) is 11.1 Å². The lowest BCUT2D eigenvalue weighted by Crippen LogP contribution is -2.54. The fraction of sp³-hybridized carbons (Fsp3) is 0.647. The van der Waals surface area contributed by atoms with Crippen molar-refractivity contribution >= 4 is 0 Å². The fourth-order valence-electron chi connectivity index (χ4n) is 3.29. The van der Waals surface area contributed by atoms with E-state index in [1.165, 1.54) is 31.4 Å². The van der Waals surface area contributed by atoms with E-state index in [9.17, 15) is 4.39 Å². The third-order valence-corrected chi connectivity index (χ3v) is 4.48. The van der Waals surface area contributed by atoms with Gasteiger partial charge in [0.05, 0.1) is 0 Å².